The lowest BCUT2D eigenvalue weighted by atomic mass is 10.2. The Balaban J connectivity index is 1.63. The number of amides is 2. The van der Waals surface area contributed by atoms with Crippen molar-refractivity contribution in [3.05, 3.63) is 46.6 Å². The molecule has 1 aromatic heterocycles. The molecular formula is C17H21ClN4O3. The number of rotatable bonds is 9. The molecule has 0 aliphatic rings. The van der Waals surface area contributed by atoms with Gasteiger partial charge >= 0.3 is 0 Å². The van der Waals surface area contributed by atoms with Crippen molar-refractivity contribution in [2.45, 2.75) is 32.6 Å². The fraction of sp³-hybridized carbons (Fsp3) is 0.412. The summed E-state index contributed by atoms with van der Waals surface area (Å²) >= 11 is 5.95. The van der Waals surface area contributed by atoms with Crippen molar-refractivity contribution in [2.75, 3.05) is 13.1 Å². The molecule has 0 saturated heterocycles. The van der Waals surface area contributed by atoms with Crippen molar-refractivity contribution >= 4 is 23.4 Å². The maximum absolute atomic E-state index is 11.9. The van der Waals surface area contributed by atoms with E-state index in [0.717, 1.165) is 12.8 Å². The van der Waals surface area contributed by atoms with Crippen LogP contribution in [0.15, 0.2) is 28.8 Å². The van der Waals surface area contributed by atoms with Gasteiger partial charge in [0.05, 0.1) is 10.6 Å². The zero-order valence-electron chi connectivity index (χ0n) is 14.0. The van der Waals surface area contributed by atoms with Gasteiger partial charge in [0, 0.05) is 32.4 Å². The van der Waals surface area contributed by atoms with Crippen LogP contribution in [0.2, 0.25) is 5.02 Å². The number of aryl methyl sites for hydroxylation is 2. The number of nitrogens with zero attached hydrogens (tertiary/aromatic N) is 2. The van der Waals surface area contributed by atoms with E-state index in [1.807, 2.05) is 6.92 Å². The first kappa shape index (κ1) is 18.9. The molecule has 0 aliphatic carbocycles. The smallest absolute Gasteiger partial charge is 0.252 e. The van der Waals surface area contributed by atoms with Crippen molar-refractivity contribution in [1.82, 2.24) is 20.8 Å². The van der Waals surface area contributed by atoms with E-state index in [1.54, 1.807) is 24.3 Å². The van der Waals surface area contributed by atoms with Gasteiger partial charge in [0.25, 0.3) is 5.91 Å². The van der Waals surface area contributed by atoms with Crippen LogP contribution in [0.25, 0.3) is 0 Å². The molecule has 0 atom stereocenters. The summed E-state index contributed by atoms with van der Waals surface area (Å²) in [7, 11) is 0. The first-order chi connectivity index (χ1) is 12.1. The molecule has 25 heavy (non-hydrogen) atoms. The highest BCUT2D eigenvalue weighted by atomic mass is 35.5. The Morgan fingerprint density at radius 1 is 1.16 bits per heavy atom. The average molecular weight is 365 g/mol. The largest absolute Gasteiger partial charge is 0.354 e. The van der Waals surface area contributed by atoms with E-state index in [-0.39, 0.29) is 18.2 Å². The van der Waals surface area contributed by atoms with Crippen molar-refractivity contribution in [3.8, 4) is 0 Å². The molecule has 7 nitrogen and oxygen atoms in total. The third-order valence-electron chi connectivity index (χ3n) is 3.40. The van der Waals surface area contributed by atoms with Crippen molar-refractivity contribution < 1.29 is 14.1 Å². The van der Waals surface area contributed by atoms with Gasteiger partial charge in [0.1, 0.15) is 0 Å². The molecule has 1 aromatic carbocycles. The number of aromatic nitrogens is 2. The SMILES string of the molecule is CCCc1noc(CCC(=O)NCCNC(=O)c2ccccc2Cl)n1. The van der Waals surface area contributed by atoms with Gasteiger partial charge in [-0.05, 0) is 18.6 Å². The van der Waals surface area contributed by atoms with Gasteiger partial charge < -0.3 is 15.2 Å². The number of carbonyl (C=O) groups excluding carboxylic acids is 2. The minimum atomic E-state index is -0.269. The van der Waals surface area contributed by atoms with E-state index in [9.17, 15) is 9.59 Å². The molecule has 0 radical (unpaired) electrons. The van der Waals surface area contributed by atoms with Gasteiger partial charge in [-0.15, -0.1) is 0 Å². The zero-order valence-corrected chi connectivity index (χ0v) is 14.8. The van der Waals surface area contributed by atoms with Crippen LogP contribution in [0.4, 0.5) is 0 Å². The van der Waals surface area contributed by atoms with E-state index in [2.05, 4.69) is 20.8 Å². The predicted molar refractivity (Wildman–Crippen MR) is 93.4 cm³/mol. The second kappa shape index (κ2) is 9.78. The van der Waals surface area contributed by atoms with Crippen LogP contribution in [-0.4, -0.2) is 35.0 Å². The highest BCUT2D eigenvalue weighted by molar-refractivity contribution is 6.33. The molecule has 2 amide bonds. The number of nitrogens with one attached hydrogen (secondary N) is 2. The Morgan fingerprint density at radius 2 is 1.92 bits per heavy atom. The van der Waals surface area contributed by atoms with E-state index in [0.29, 0.717) is 41.8 Å². The van der Waals surface area contributed by atoms with Gasteiger partial charge in [-0.25, -0.2) is 0 Å². The fourth-order valence-corrected chi connectivity index (χ4v) is 2.37. The lowest BCUT2D eigenvalue weighted by Crippen LogP contribution is -2.34. The number of halogens is 1. The second-order valence-corrected chi connectivity index (χ2v) is 5.85. The number of hydrogen-bond donors (Lipinski definition) is 2. The third-order valence-corrected chi connectivity index (χ3v) is 3.73. The molecule has 0 bridgehead atoms. The van der Waals surface area contributed by atoms with Crippen LogP contribution in [0.1, 0.15) is 41.8 Å². The molecule has 134 valence electrons. The van der Waals surface area contributed by atoms with Crippen LogP contribution in [0.3, 0.4) is 0 Å². The Hall–Kier alpha value is -2.41. The number of carbonyl (C=O) groups is 2. The quantitative estimate of drug-likeness (QED) is 0.664. The van der Waals surface area contributed by atoms with E-state index in [1.165, 1.54) is 0 Å². The molecule has 0 aliphatic heterocycles. The van der Waals surface area contributed by atoms with E-state index < -0.39 is 0 Å². The number of hydrogen-bond acceptors (Lipinski definition) is 5. The Labute approximate surface area is 151 Å². The minimum Gasteiger partial charge on any atom is -0.354 e. The maximum atomic E-state index is 11.9. The van der Waals surface area contributed by atoms with Crippen LogP contribution in [0.5, 0.6) is 0 Å². The topological polar surface area (TPSA) is 97.1 Å². The molecule has 1 heterocycles. The highest BCUT2D eigenvalue weighted by Gasteiger charge is 2.10. The van der Waals surface area contributed by atoms with Crippen molar-refractivity contribution in [2.24, 2.45) is 0 Å². The summed E-state index contributed by atoms with van der Waals surface area (Å²) in [6, 6.07) is 6.80. The van der Waals surface area contributed by atoms with Crippen LogP contribution >= 0.6 is 11.6 Å². The second-order valence-electron chi connectivity index (χ2n) is 5.44. The molecule has 2 N–H and O–H groups in total. The predicted octanol–water partition coefficient (Wildman–Crippen LogP) is 2.15. The van der Waals surface area contributed by atoms with Crippen LogP contribution in [-0.2, 0) is 17.6 Å². The van der Waals surface area contributed by atoms with Gasteiger partial charge in [-0.2, -0.15) is 4.98 Å². The lowest BCUT2D eigenvalue weighted by Gasteiger charge is -2.07. The number of benzene rings is 1. The standard InChI is InChI=1S/C17H21ClN4O3/c1-2-5-14-21-16(25-22-14)9-8-15(23)19-10-11-20-17(24)12-6-3-4-7-13(12)18/h3-4,6-7H,2,5,8-11H2,1H3,(H,19,23)(H,20,24). The monoisotopic (exact) mass is 364 g/mol. The fourth-order valence-electron chi connectivity index (χ4n) is 2.14. The third kappa shape index (κ3) is 6.19. The highest BCUT2D eigenvalue weighted by Crippen LogP contribution is 2.14. The molecular weight excluding hydrogens is 344 g/mol. The lowest BCUT2D eigenvalue weighted by molar-refractivity contribution is -0.121. The van der Waals surface area contributed by atoms with Crippen LogP contribution < -0.4 is 10.6 Å². The summed E-state index contributed by atoms with van der Waals surface area (Å²) in [6.45, 7) is 2.69. The molecule has 2 rings (SSSR count). The first-order valence-electron chi connectivity index (χ1n) is 8.21. The van der Waals surface area contributed by atoms with Gasteiger partial charge in [-0.3, -0.25) is 9.59 Å². The normalized spacial score (nSPS) is 10.5. The van der Waals surface area contributed by atoms with Crippen LogP contribution in [0, 0.1) is 0 Å². The molecule has 0 spiro atoms. The average Bonchev–Trinajstić information content (AvgIpc) is 3.05. The van der Waals surface area contributed by atoms with Crippen molar-refractivity contribution in [3.63, 3.8) is 0 Å². The zero-order chi connectivity index (χ0) is 18.1. The molecule has 2 aromatic rings. The summed E-state index contributed by atoms with van der Waals surface area (Å²) in [4.78, 5) is 27.9. The molecule has 0 saturated carbocycles. The van der Waals surface area contributed by atoms with Gasteiger partial charge in [0.15, 0.2) is 5.82 Å². The summed E-state index contributed by atoms with van der Waals surface area (Å²) in [5, 5.41) is 9.67. The Kier molecular flexibility index (Phi) is 7.40. The van der Waals surface area contributed by atoms with E-state index >= 15 is 0 Å². The summed E-state index contributed by atoms with van der Waals surface area (Å²) in [5.41, 5.74) is 0.412. The maximum Gasteiger partial charge on any atom is 0.252 e. The Bertz CT molecular complexity index is 717. The summed E-state index contributed by atoms with van der Waals surface area (Å²) in [6.07, 6.45) is 2.36. The van der Waals surface area contributed by atoms with Crippen molar-refractivity contribution in [1.29, 1.82) is 0 Å². The van der Waals surface area contributed by atoms with Gasteiger partial charge in [0.2, 0.25) is 11.8 Å². The summed E-state index contributed by atoms with van der Waals surface area (Å²) in [5.74, 6) is 0.724. The molecule has 0 fully saturated rings. The van der Waals surface area contributed by atoms with E-state index in [4.69, 9.17) is 16.1 Å². The van der Waals surface area contributed by atoms with Gasteiger partial charge in [-0.1, -0.05) is 35.8 Å². The summed E-state index contributed by atoms with van der Waals surface area (Å²) < 4.78 is 5.07. The molecule has 0 unspecified atom stereocenters. The minimum absolute atomic E-state index is 0.137. The Morgan fingerprint density at radius 3 is 2.68 bits per heavy atom. The molecule has 8 heteroatoms. The first-order valence-corrected chi connectivity index (χ1v) is 8.58.